The van der Waals surface area contributed by atoms with Crippen LogP contribution in [0.15, 0.2) is 23.3 Å². The van der Waals surface area contributed by atoms with Gasteiger partial charge in [-0.15, -0.1) is 11.6 Å². The summed E-state index contributed by atoms with van der Waals surface area (Å²) < 4.78 is 9.10. The lowest BCUT2D eigenvalue weighted by atomic mass is 9.91. The van der Waals surface area contributed by atoms with Crippen LogP contribution in [0.3, 0.4) is 0 Å². The van der Waals surface area contributed by atoms with Crippen molar-refractivity contribution in [2.75, 3.05) is 7.11 Å². The summed E-state index contributed by atoms with van der Waals surface area (Å²) in [6.07, 6.45) is 5.52. The van der Waals surface area contributed by atoms with Crippen LogP contribution in [0.1, 0.15) is 5.69 Å². The van der Waals surface area contributed by atoms with Crippen LogP contribution in [-0.2, 0) is 10.3 Å². The summed E-state index contributed by atoms with van der Waals surface area (Å²) in [6, 6.07) is 0. The number of rotatable bonds is 2. The molecule has 0 fully saturated rings. The van der Waals surface area contributed by atoms with Gasteiger partial charge in [0.05, 0.1) is 21.9 Å². The Labute approximate surface area is 156 Å². The van der Waals surface area contributed by atoms with E-state index in [-0.39, 0.29) is 5.38 Å². The zero-order valence-corrected chi connectivity index (χ0v) is 17.1. The highest BCUT2D eigenvalue weighted by molar-refractivity contribution is 14.1. The van der Waals surface area contributed by atoms with Crippen LogP contribution in [0.25, 0.3) is 0 Å². The Morgan fingerprint density at radius 3 is 2.44 bits per heavy atom. The Morgan fingerprint density at radius 2 is 2.00 bits per heavy atom. The highest BCUT2D eigenvalue weighted by Gasteiger charge is 2.42. The topological polar surface area (TPSA) is 25.0 Å². The summed E-state index contributed by atoms with van der Waals surface area (Å²) in [6.45, 7) is 0. The lowest BCUT2D eigenvalue weighted by Gasteiger charge is -2.34. The average Bonchev–Trinajstić information content (AvgIpc) is 2.59. The number of methoxy groups -OCH3 is 1. The van der Waals surface area contributed by atoms with Crippen LogP contribution < -0.4 is 0 Å². The fraction of sp³-hybridized carbons (Fsp3) is 0.273. The van der Waals surface area contributed by atoms with E-state index in [9.17, 15) is 0 Å². The van der Waals surface area contributed by atoms with Crippen molar-refractivity contribution in [2.24, 2.45) is 0 Å². The van der Waals surface area contributed by atoms with E-state index in [1.54, 1.807) is 13.2 Å². The predicted octanol–water partition coefficient (Wildman–Crippen LogP) is 4.97. The molecule has 18 heavy (non-hydrogen) atoms. The fourth-order valence-electron chi connectivity index (χ4n) is 1.81. The standard InChI is InChI=1S/C11H8Cl2I3NO/c1-18-11(3-2-5(12)4-6(11)13)9-7(14)8(15)10(16)17-9/h2-4,6,17H,1H3. The van der Waals surface area contributed by atoms with Gasteiger partial charge in [-0.3, -0.25) is 0 Å². The predicted molar refractivity (Wildman–Crippen MR) is 100 cm³/mol. The Bertz CT molecular complexity index is 541. The summed E-state index contributed by atoms with van der Waals surface area (Å²) in [5.74, 6) is 0. The number of halogens is 5. The Kier molecular flexibility index (Phi) is 5.36. The third-order valence-corrected chi connectivity index (χ3v) is 8.51. The number of hydrogen-bond donors (Lipinski definition) is 1. The second-order valence-electron chi connectivity index (χ2n) is 3.73. The van der Waals surface area contributed by atoms with Crippen molar-refractivity contribution in [3.05, 3.63) is 39.8 Å². The molecule has 1 N–H and O–H groups in total. The number of aromatic amines is 1. The van der Waals surface area contributed by atoms with Gasteiger partial charge in [0.25, 0.3) is 0 Å². The normalized spacial score (nSPS) is 27.4. The van der Waals surface area contributed by atoms with Crippen LogP contribution in [0, 0.1) is 10.8 Å². The summed E-state index contributed by atoms with van der Waals surface area (Å²) in [4.78, 5) is 3.36. The van der Waals surface area contributed by atoms with Gasteiger partial charge in [-0.25, -0.2) is 0 Å². The van der Waals surface area contributed by atoms with Crippen molar-refractivity contribution < 1.29 is 4.74 Å². The molecule has 2 nitrogen and oxygen atoms in total. The molecular weight excluding hydrogens is 614 g/mol. The molecule has 0 bridgehead atoms. The molecule has 1 aromatic rings. The molecule has 1 aromatic heterocycles. The molecular formula is C11H8Cl2I3NO. The van der Waals surface area contributed by atoms with Gasteiger partial charge in [-0.2, -0.15) is 0 Å². The first-order chi connectivity index (χ1) is 8.42. The molecule has 2 rings (SSSR count). The zero-order valence-electron chi connectivity index (χ0n) is 9.11. The van der Waals surface area contributed by atoms with E-state index in [4.69, 9.17) is 27.9 Å². The maximum Gasteiger partial charge on any atom is 0.147 e. The number of hydrogen-bond acceptors (Lipinski definition) is 1. The molecule has 0 aromatic carbocycles. The Hall–Kier alpha value is 1.49. The number of aromatic nitrogens is 1. The lowest BCUT2D eigenvalue weighted by Crippen LogP contribution is -2.38. The van der Waals surface area contributed by atoms with Crippen molar-refractivity contribution in [3.8, 4) is 0 Å². The third kappa shape index (κ3) is 2.63. The number of nitrogens with one attached hydrogen (secondary N) is 1. The Morgan fingerprint density at radius 1 is 1.33 bits per heavy atom. The van der Waals surface area contributed by atoms with E-state index in [2.05, 4.69) is 72.8 Å². The van der Waals surface area contributed by atoms with E-state index in [1.165, 1.54) is 3.57 Å². The molecule has 2 atom stereocenters. The van der Waals surface area contributed by atoms with E-state index < -0.39 is 5.60 Å². The highest BCUT2D eigenvalue weighted by Crippen LogP contribution is 2.42. The minimum absolute atomic E-state index is 0.348. The first kappa shape index (κ1) is 15.9. The fourth-order valence-corrected chi connectivity index (χ4v) is 4.76. The minimum Gasteiger partial charge on any atom is -0.366 e. The molecule has 0 radical (unpaired) electrons. The average molecular weight is 622 g/mol. The van der Waals surface area contributed by atoms with Crippen molar-refractivity contribution in [3.63, 3.8) is 0 Å². The number of H-pyrrole nitrogens is 1. The SMILES string of the molecule is COC1(c2[nH]c(I)c(I)c2I)C=CC(Cl)=CC1Cl. The summed E-state index contributed by atoms with van der Waals surface area (Å²) in [7, 11) is 1.66. The van der Waals surface area contributed by atoms with Gasteiger partial charge < -0.3 is 9.72 Å². The molecule has 1 aliphatic rings. The molecule has 1 aliphatic carbocycles. The quantitative estimate of drug-likeness (QED) is 0.366. The molecule has 0 saturated carbocycles. The summed E-state index contributed by atoms with van der Waals surface area (Å²) >= 11 is 19.3. The number of allylic oxidation sites excluding steroid dienone is 2. The minimum atomic E-state index is -0.695. The summed E-state index contributed by atoms with van der Waals surface area (Å²) in [5, 5.41) is 0.285. The molecule has 7 heteroatoms. The van der Waals surface area contributed by atoms with Crippen molar-refractivity contribution >= 4 is 91.0 Å². The second-order valence-corrected chi connectivity index (χ2v) is 7.87. The molecule has 1 heterocycles. The summed E-state index contributed by atoms with van der Waals surface area (Å²) in [5.41, 5.74) is 0.274. The molecule has 2 unspecified atom stereocenters. The highest BCUT2D eigenvalue weighted by atomic mass is 127. The van der Waals surface area contributed by atoms with Gasteiger partial charge in [0.15, 0.2) is 0 Å². The van der Waals surface area contributed by atoms with Crippen molar-refractivity contribution in [2.45, 2.75) is 11.0 Å². The largest absolute Gasteiger partial charge is 0.366 e. The van der Waals surface area contributed by atoms with Crippen LogP contribution in [0.4, 0.5) is 0 Å². The molecule has 0 saturated heterocycles. The maximum atomic E-state index is 6.44. The molecule has 0 amide bonds. The van der Waals surface area contributed by atoms with Crippen LogP contribution in [0.5, 0.6) is 0 Å². The van der Waals surface area contributed by atoms with Crippen molar-refractivity contribution in [1.82, 2.24) is 4.98 Å². The third-order valence-electron chi connectivity index (χ3n) is 2.77. The van der Waals surface area contributed by atoms with Gasteiger partial charge in [0.1, 0.15) is 5.60 Å². The second kappa shape index (κ2) is 6.08. The van der Waals surface area contributed by atoms with Crippen molar-refractivity contribution in [1.29, 1.82) is 0 Å². The maximum absolute atomic E-state index is 6.44. The zero-order chi connectivity index (χ0) is 13.5. The number of alkyl halides is 1. The van der Waals surface area contributed by atoms with Crippen LogP contribution in [-0.4, -0.2) is 17.5 Å². The van der Waals surface area contributed by atoms with Crippen LogP contribution in [0.2, 0.25) is 0 Å². The number of ether oxygens (including phenoxy) is 1. The first-order valence-corrected chi connectivity index (χ1v) is 8.96. The van der Waals surface area contributed by atoms with E-state index in [0.29, 0.717) is 5.03 Å². The van der Waals surface area contributed by atoms with Gasteiger partial charge in [-0.1, -0.05) is 11.6 Å². The smallest absolute Gasteiger partial charge is 0.147 e. The van der Waals surface area contributed by atoms with Gasteiger partial charge in [0.2, 0.25) is 0 Å². The van der Waals surface area contributed by atoms with E-state index in [0.717, 1.165) is 13.0 Å². The molecule has 0 spiro atoms. The van der Waals surface area contributed by atoms with Gasteiger partial charge in [0, 0.05) is 12.1 Å². The molecule has 0 aliphatic heterocycles. The van der Waals surface area contributed by atoms with Gasteiger partial charge >= 0.3 is 0 Å². The van der Waals surface area contributed by atoms with Crippen LogP contribution >= 0.6 is 91.0 Å². The molecule has 98 valence electrons. The first-order valence-electron chi connectivity index (χ1n) is 4.91. The van der Waals surface area contributed by atoms with E-state index >= 15 is 0 Å². The van der Waals surface area contributed by atoms with Gasteiger partial charge in [-0.05, 0) is 86.0 Å². The monoisotopic (exact) mass is 621 g/mol. The lowest BCUT2D eigenvalue weighted by molar-refractivity contribution is 0.0295. The van der Waals surface area contributed by atoms with E-state index in [1.807, 2.05) is 12.2 Å². The Balaban J connectivity index is 2.58.